The summed E-state index contributed by atoms with van der Waals surface area (Å²) < 4.78 is 1.93. The van der Waals surface area contributed by atoms with Gasteiger partial charge in [-0.05, 0) is 63.6 Å². The van der Waals surface area contributed by atoms with E-state index in [4.69, 9.17) is 9.97 Å². The normalized spacial score (nSPS) is 16.9. The second kappa shape index (κ2) is 7.84. The van der Waals surface area contributed by atoms with E-state index < -0.39 is 0 Å². The number of nitrogens with zero attached hydrogens (tertiary/aromatic N) is 6. The second-order valence-corrected chi connectivity index (χ2v) is 7.88. The quantitative estimate of drug-likeness (QED) is 0.542. The molecule has 1 N–H and O–H groups in total. The minimum Gasteiger partial charge on any atom is -0.339 e. The van der Waals surface area contributed by atoms with Gasteiger partial charge in [-0.1, -0.05) is 6.07 Å². The van der Waals surface area contributed by atoms with Gasteiger partial charge >= 0.3 is 0 Å². The minimum absolute atomic E-state index is 0.315. The van der Waals surface area contributed by atoms with Gasteiger partial charge in [0.25, 0.3) is 0 Å². The summed E-state index contributed by atoms with van der Waals surface area (Å²) in [6.07, 6.45) is 7.91. The van der Waals surface area contributed by atoms with E-state index in [1.807, 2.05) is 42.0 Å². The number of aryl methyl sites for hydroxylation is 2. The molecule has 1 unspecified atom stereocenters. The Balaban J connectivity index is 1.34. The Morgan fingerprint density at radius 3 is 2.83 bits per heavy atom. The molecule has 0 radical (unpaired) electrons. The lowest BCUT2D eigenvalue weighted by Crippen LogP contribution is -2.23. The maximum Gasteiger partial charge on any atom is 0.159 e. The highest BCUT2D eigenvalue weighted by Crippen LogP contribution is 2.33. The van der Waals surface area contributed by atoms with E-state index in [0.717, 1.165) is 53.7 Å². The number of likely N-dealkylation sites (tertiary alicyclic amines) is 1. The number of aromatic nitrogens is 5. The molecule has 1 aliphatic heterocycles. The first kappa shape index (κ1) is 18.7. The molecule has 7 heteroatoms. The highest BCUT2D eigenvalue weighted by molar-refractivity contribution is 5.54. The van der Waals surface area contributed by atoms with Crippen LogP contribution in [0.5, 0.6) is 0 Å². The molecule has 7 nitrogen and oxygen atoms in total. The van der Waals surface area contributed by atoms with E-state index in [1.54, 1.807) is 6.20 Å². The van der Waals surface area contributed by atoms with Gasteiger partial charge in [-0.25, -0.2) is 14.5 Å². The molecule has 4 aromatic heterocycles. The Hall–Kier alpha value is -3.32. The van der Waals surface area contributed by atoms with Crippen molar-refractivity contribution < 1.29 is 0 Å². The van der Waals surface area contributed by atoms with Crippen LogP contribution in [0.2, 0.25) is 0 Å². The molecule has 0 bridgehead atoms. The Morgan fingerprint density at radius 1 is 1.10 bits per heavy atom. The lowest BCUT2D eigenvalue weighted by Gasteiger charge is -2.23. The van der Waals surface area contributed by atoms with Crippen molar-refractivity contribution >= 4 is 17.2 Å². The zero-order valence-corrected chi connectivity index (χ0v) is 17.3. The van der Waals surface area contributed by atoms with Crippen LogP contribution in [0.1, 0.15) is 41.5 Å². The standard InChI is InChI=1S/C23H25N7/c1-16-12-17(2)30-23(27-16)18(13-26-30)15-29-11-5-6-21(29)20-9-8-19(14-25-20)28-22-7-3-4-10-24-22/h3-4,7-10,12-14,21H,5-6,11,15H2,1-2H3,(H,24,28). The molecular formula is C23H25N7. The fourth-order valence-electron chi connectivity index (χ4n) is 4.26. The van der Waals surface area contributed by atoms with E-state index in [9.17, 15) is 0 Å². The molecule has 5 heterocycles. The summed E-state index contributed by atoms with van der Waals surface area (Å²) in [7, 11) is 0. The maximum atomic E-state index is 4.76. The zero-order chi connectivity index (χ0) is 20.5. The molecule has 5 rings (SSSR count). The highest BCUT2D eigenvalue weighted by Gasteiger charge is 2.28. The Bertz CT molecular complexity index is 1150. The lowest BCUT2D eigenvalue weighted by atomic mass is 10.1. The summed E-state index contributed by atoms with van der Waals surface area (Å²) in [4.78, 5) is 16.3. The molecule has 0 saturated carbocycles. The van der Waals surface area contributed by atoms with Crippen molar-refractivity contribution in [3.8, 4) is 0 Å². The fourth-order valence-corrected chi connectivity index (χ4v) is 4.26. The third kappa shape index (κ3) is 3.64. The maximum absolute atomic E-state index is 4.76. The van der Waals surface area contributed by atoms with E-state index in [2.05, 4.69) is 45.4 Å². The zero-order valence-electron chi connectivity index (χ0n) is 17.3. The van der Waals surface area contributed by atoms with Gasteiger partial charge in [-0.15, -0.1) is 0 Å². The van der Waals surface area contributed by atoms with Gasteiger partial charge in [0.2, 0.25) is 0 Å². The summed E-state index contributed by atoms with van der Waals surface area (Å²) in [5, 5.41) is 7.84. The second-order valence-electron chi connectivity index (χ2n) is 7.88. The number of hydrogen-bond acceptors (Lipinski definition) is 6. The van der Waals surface area contributed by atoms with Crippen LogP contribution >= 0.6 is 0 Å². The van der Waals surface area contributed by atoms with Crippen molar-refractivity contribution in [2.24, 2.45) is 0 Å². The monoisotopic (exact) mass is 399 g/mol. The largest absolute Gasteiger partial charge is 0.339 e. The van der Waals surface area contributed by atoms with Gasteiger partial charge in [0.1, 0.15) is 5.82 Å². The third-order valence-corrected chi connectivity index (χ3v) is 5.65. The van der Waals surface area contributed by atoms with Crippen LogP contribution in [0.4, 0.5) is 11.5 Å². The van der Waals surface area contributed by atoms with Gasteiger partial charge in [-0.2, -0.15) is 5.10 Å². The van der Waals surface area contributed by atoms with Crippen molar-refractivity contribution in [2.45, 2.75) is 39.3 Å². The fraction of sp³-hybridized carbons (Fsp3) is 0.304. The molecule has 0 aliphatic carbocycles. The topological polar surface area (TPSA) is 71.2 Å². The van der Waals surface area contributed by atoms with Crippen LogP contribution in [0.25, 0.3) is 5.65 Å². The number of rotatable bonds is 5. The van der Waals surface area contributed by atoms with Crippen LogP contribution in [-0.2, 0) is 6.54 Å². The molecule has 1 aliphatic rings. The summed E-state index contributed by atoms with van der Waals surface area (Å²) in [6.45, 7) is 6.00. The van der Waals surface area contributed by atoms with Crippen molar-refractivity contribution in [2.75, 3.05) is 11.9 Å². The van der Waals surface area contributed by atoms with Crippen LogP contribution in [0.15, 0.2) is 55.0 Å². The van der Waals surface area contributed by atoms with Gasteiger partial charge in [0, 0.05) is 29.7 Å². The molecule has 0 aromatic carbocycles. The van der Waals surface area contributed by atoms with Gasteiger partial charge < -0.3 is 5.32 Å². The molecule has 1 fully saturated rings. The third-order valence-electron chi connectivity index (χ3n) is 5.65. The molecule has 1 atom stereocenters. The van der Waals surface area contributed by atoms with Crippen molar-refractivity contribution in [1.29, 1.82) is 0 Å². The first-order valence-electron chi connectivity index (χ1n) is 10.4. The SMILES string of the molecule is Cc1cc(C)n2ncc(CN3CCCC3c3ccc(Nc4ccccn4)cn3)c2n1. The summed E-state index contributed by atoms with van der Waals surface area (Å²) in [6, 6.07) is 12.4. The molecule has 0 spiro atoms. The van der Waals surface area contributed by atoms with Gasteiger partial charge in [0.05, 0.1) is 29.8 Å². The summed E-state index contributed by atoms with van der Waals surface area (Å²) >= 11 is 0. The Morgan fingerprint density at radius 2 is 2.03 bits per heavy atom. The molecular weight excluding hydrogens is 374 g/mol. The van der Waals surface area contributed by atoms with Gasteiger partial charge in [-0.3, -0.25) is 9.88 Å². The van der Waals surface area contributed by atoms with Crippen LogP contribution < -0.4 is 5.32 Å². The lowest BCUT2D eigenvalue weighted by molar-refractivity contribution is 0.245. The molecule has 152 valence electrons. The van der Waals surface area contributed by atoms with Gasteiger partial charge in [0.15, 0.2) is 5.65 Å². The number of pyridine rings is 2. The van der Waals surface area contributed by atoms with Crippen LogP contribution in [0.3, 0.4) is 0 Å². The first-order chi connectivity index (χ1) is 14.7. The number of fused-ring (bicyclic) bond motifs is 1. The van der Waals surface area contributed by atoms with E-state index in [1.165, 1.54) is 12.0 Å². The number of nitrogens with one attached hydrogen (secondary N) is 1. The summed E-state index contributed by atoms with van der Waals surface area (Å²) in [5.41, 5.74) is 6.32. The van der Waals surface area contributed by atoms with Crippen molar-refractivity contribution in [1.82, 2.24) is 29.5 Å². The van der Waals surface area contributed by atoms with E-state index in [-0.39, 0.29) is 0 Å². The first-order valence-corrected chi connectivity index (χ1v) is 10.4. The Kier molecular flexibility index (Phi) is 4.88. The molecule has 4 aromatic rings. The van der Waals surface area contributed by atoms with Crippen molar-refractivity contribution in [3.63, 3.8) is 0 Å². The molecule has 1 saturated heterocycles. The smallest absolute Gasteiger partial charge is 0.159 e. The van der Waals surface area contributed by atoms with Crippen LogP contribution in [0, 0.1) is 13.8 Å². The summed E-state index contributed by atoms with van der Waals surface area (Å²) in [5.74, 6) is 0.820. The number of hydrogen-bond donors (Lipinski definition) is 1. The predicted octanol–water partition coefficient (Wildman–Crippen LogP) is 4.22. The van der Waals surface area contributed by atoms with Crippen molar-refractivity contribution in [3.05, 3.63) is 77.6 Å². The Labute approximate surface area is 175 Å². The average Bonchev–Trinajstić information content (AvgIpc) is 3.37. The van der Waals surface area contributed by atoms with Crippen LogP contribution in [-0.4, -0.2) is 36.0 Å². The van der Waals surface area contributed by atoms with E-state index in [0.29, 0.717) is 6.04 Å². The molecule has 30 heavy (non-hydrogen) atoms. The highest BCUT2D eigenvalue weighted by atomic mass is 15.3. The predicted molar refractivity (Wildman–Crippen MR) is 117 cm³/mol. The minimum atomic E-state index is 0.315. The average molecular weight is 400 g/mol. The van der Waals surface area contributed by atoms with E-state index >= 15 is 0 Å². The number of anilines is 2. The molecule has 0 amide bonds.